The number of unbranched alkanes of at least 4 members (excludes halogenated alkanes) is 1. The molecule has 1 aromatic heterocycles. The SMILES string of the molecule is O=C(CCCCBr)NCCc1ccccn1. The van der Waals surface area contributed by atoms with Crippen LogP contribution in [0.2, 0.25) is 0 Å². The number of pyridine rings is 1. The number of nitrogens with zero attached hydrogens (tertiary/aromatic N) is 1. The lowest BCUT2D eigenvalue weighted by Crippen LogP contribution is -2.25. The van der Waals surface area contributed by atoms with Crippen LogP contribution in [-0.4, -0.2) is 22.8 Å². The van der Waals surface area contributed by atoms with E-state index in [0.717, 1.165) is 30.3 Å². The highest BCUT2D eigenvalue weighted by Gasteiger charge is 2.00. The van der Waals surface area contributed by atoms with E-state index in [1.807, 2.05) is 18.2 Å². The molecule has 0 atom stereocenters. The quantitative estimate of drug-likeness (QED) is 0.617. The highest BCUT2D eigenvalue weighted by molar-refractivity contribution is 9.09. The summed E-state index contributed by atoms with van der Waals surface area (Å²) in [6, 6.07) is 5.82. The maximum atomic E-state index is 11.4. The van der Waals surface area contributed by atoms with Gasteiger partial charge in [-0.05, 0) is 25.0 Å². The molecule has 1 heterocycles. The molecule has 0 aromatic carbocycles. The van der Waals surface area contributed by atoms with Crippen LogP contribution in [0, 0.1) is 0 Å². The van der Waals surface area contributed by atoms with Crippen LogP contribution < -0.4 is 5.32 Å². The Kier molecular flexibility index (Phi) is 6.81. The van der Waals surface area contributed by atoms with Crippen molar-refractivity contribution in [2.24, 2.45) is 0 Å². The Morgan fingerprint density at radius 2 is 2.25 bits per heavy atom. The lowest BCUT2D eigenvalue weighted by Gasteiger charge is -2.04. The molecule has 0 aliphatic carbocycles. The van der Waals surface area contributed by atoms with Crippen molar-refractivity contribution in [1.82, 2.24) is 10.3 Å². The van der Waals surface area contributed by atoms with Gasteiger partial charge in [0.25, 0.3) is 0 Å². The summed E-state index contributed by atoms with van der Waals surface area (Å²) in [4.78, 5) is 15.6. The Labute approximate surface area is 105 Å². The number of aromatic nitrogens is 1. The van der Waals surface area contributed by atoms with E-state index in [1.54, 1.807) is 6.20 Å². The van der Waals surface area contributed by atoms with Crippen LogP contribution in [0.3, 0.4) is 0 Å². The van der Waals surface area contributed by atoms with E-state index < -0.39 is 0 Å². The average Bonchev–Trinajstić information content (AvgIpc) is 2.31. The van der Waals surface area contributed by atoms with Crippen molar-refractivity contribution >= 4 is 21.8 Å². The largest absolute Gasteiger partial charge is 0.356 e. The van der Waals surface area contributed by atoms with Crippen LogP contribution in [0.1, 0.15) is 25.0 Å². The van der Waals surface area contributed by atoms with Crippen molar-refractivity contribution in [3.8, 4) is 0 Å². The third kappa shape index (κ3) is 5.85. The zero-order chi connectivity index (χ0) is 11.6. The Morgan fingerprint density at radius 3 is 2.94 bits per heavy atom. The molecule has 3 nitrogen and oxygen atoms in total. The third-order valence-corrected chi connectivity index (χ3v) is 2.78. The fourth-order valence-corrected chi connectivity index (χ4v) is 1.74. The van der Waals surface area contributed by atoms with Gasteiger partial charge in [0.2, 0.25) is 5.91 Å². The number of carbonyl (C=O) groups excluding carboxylic acids is 1. The van der Waals surface area contributed by atoms with Crippen molar-refractivity contribution in [3.63, 3.8) is 0 Å². The summed E-state index contributed by atoms with van der Waals surface area (Å²) < 4.78 is 0. The maximum Gasteiger partial charge on any atom is 0.220 e. The predicted octanol–water partition coefficient (Wildman–Crippen LogP) is 2.31. The first-order valence-corrected chi connectivity index (χ1v) is 6.67. The molecule has 0 saturated heterocycles. The summed E-state index contributed by atoms with van der Waals surface area (Å²) in [5.41, 5.74) is 1.02. The van der Waals surface area contributed by atoms with Gasteiger partial charge < -0.3 is 5.32 Å². The van der Waals surface area contributed by atoms with Crippen LogP contribution in [-0.2, 0) is 11.2 Å². The molecule has 0 aliphatic rings. The Morgan fingerprint density at radius 1 is 1.38 bits per heavy atom. The molecule has 0 saturated carbocycles. The molecule has 1 N–H and O–H groups in total. The fraction of sp³-hybridized carbons (Fsp3) is 0.500. The van der Waals surface area contributed by atoms with Gasteiger partial charge in [-0.1, -0.05) is 22.0 Å². The molecule has 1 amide bonds. The van der Waals surface area contributed by atoms with Gasteiger partial charge in [0, 0.05) is 36.6 Å². The van der Waals surface area contributed by atoms with E-state index in [9.17, 15) is 4.79 Å². The third-order valence-electron chi connectivity index (χ3n) is 2.22. The van der Waals surface area contributed by atoms with Crippen LogP contribution in [0.5, 0.6) is 0 Å². The number of amides is 1. The number of carbonyl (C=O) groups is 1. The summed E-state index contributed by atoms with van der Waals surface area (Å²) >= 11 is 3.34. The zero-order valence-corrected chi connectivity index (χ0v) is 10.9. The summed E-state index contributed by atoms with van der Waals surface area (Å²) in [5.74, 6) is 0.136. The van der Waals surface area contributed by atoms with E-state index in [-0.39, 0.29) is 5.91 Å². The molecule has 0 fully saturated rings. The van der Waals surface area contributed by atoms with E-state index in [2.05, 4.69) is 26.2 Å². The van der Waals surface area contributed by atoms with Crippen LogP contribution in [0.25, 0.3) is 0 Å². The minimum Gasteiger partial charge on any atom is -0.356 e. The van der Waals surface area contributed by atoms with Crippen molar-refractivity contribution in [1.29, 1.82) is 0 Å². The number of alkyl halides is 1. The second-order valence-corrected chi connectivity index (χ2v) is 4.36. The van der Waals surface area contributed by atoms with E-state index in [4.69, 9.17) is 0 Å². The second-order valence-electron chi connectivity index (χ2n) is 3.57. The first kappa shape index (κ1) is 13.2. The normalized spacial score (nSPS) is 10.1. The van der Waals surface area contributed by atoms with E-state index in [0.29, 0.717) is 13.0 Å². The minimum absolute atomic E-state index is 0.136. The molecule has 88 valence electrons. The Hall–Kier alpha value is -0.900. The number of halogens is 1. The van der Waals surface area contributed by atoms with Crippen molar-refractivity contribution in [3.05, 3.63) is 30.1 Å². The number of nitrogens with one attached hydrogen (secondary N) is 1. The molecule has 0 radical (unpaired) electrons. The number of rotatable bonds is 7. The molecular weight excluding hydrogens is 268 g/mol. The number of hydrogen-bond acceptors (Lipinski definition) is 2. The molecule has 0 spiro atoms. The minimum atomic E-state index is 0.136. The smallest absolute Gasteiger partial charge is 0.220 e. The van der Waals surface area contributed by atoms with Gasteiger partial charge >= 0.3 is 0 Å². The topological polar surface area (TPSA) is 42.0 Å². The lowest BCUT2D eigenvalue weighted by molar-refractivity contribution is -0.121. The van der Waals surface area contributed by atoms with E-state index >= 15 is 0 Å². The standard InChI is InChI=1S/C12H17BrN2O/c13-8-3-1-6-12(16)15-10-7-11-5-2-4-9-14-11/h2,4-5,9H,1,3,6-8,10H2,(H,15,16). The first-order chi connectivity index (χ1) is 7.83. The highest BCUT2D eigenvalue weighted by Crippen LogP contribution is 1.98. The van der Waals surface area contributed by atoms with Gasteiger partial charge in [0.1, 0.15) is 0 Å². The summed E-state index contributed by atoms with van der Waals surface area (Å²) in [7, 11) is 0. The van der Waals surface area contributed by atoms with Crippen LogP contribution in [0.15, 0.2) is 24.4 Å². The van der Waals surface area contributed by atoms with Gasteiger partial charge in [-0.2, -0.15) is 0 Å². The molecule has 0 unspecified atom stereocenters. The monoisotopic (exact) mass is 284 g/mol. The zero-order valence-electron chi connectivity index (χ0n) is 9.29. The predicted molar refractivity (Wildman–Crippen MR) is 68.6 cm³/mol. The van der Waals surface area contributed by atoms with Gasteiger partial charge in [0.15, 0.2) is 0 Å². The summed E-state index contributed by atoms with van der Waals surface area (Å²) in [6.45, 7) is 0.671. The molecule has 4 heteroatoms. The van der Waals surface area contributed by atoms with Gasteiger partial charge in [0.05, 0.1) is 0 Å². The first-order valence-electron chi connectivity index (χ1n) is 5.55. The second kappa shape index (κ2) is 8.28. The molecular formula is C12H17BrN2O. The van der Waals surface area contributed by atoms with Crippen LogP contribution >= 0.6 is 15.9 Å². The van der Waals surface area contributed by atoms with Gasteiger partial charge in [-0.15, -0.1) is 0 Å². The molecule has 0 bridgehead atoms. The Bertz CT molecular complexity index is 303. The molecule has 1 rings (SSSR count). The van der Waals surface area contributed by atoms with Crippen molar-refractivity contribution in [2.45, 2.75) is 25.7 Å². The Balaban J connectivity index is 2.09. The highest BCUT2D eigenvalue weighted by atomic mass is 79.9. The summed E-state index contributed by atoms with van der Waals surface area (Å²) in [5, 5.41) is 3.86. The molecule has 1 aromatic rings. The van der Waals surface area contributed by atoms with Gasteiger partial charge in [-0.25, -0.2) is 0 Å². The fourth-order valence-electron chi connectivity index (χ4n) is 1.34. The number of hydrogen-bond donors (Lipinski definition) is 1. The average molecular weight is 285 g/mol. The molecule has 16 heavy (non-hydrogen) atoms. The molecule has 0 aliphatic heterocycles. The van der Waals surface area contributed by atoms with Crippen molar-refractivity contribution in [2.75, 3.05) is 11.9 Å². The van der Waals surface area contributed by atoms with Crippen LogP contribution in [0.4, 0.5) is 0 Å². The summed E-state index contributed by atoms with van der Waals surface area (Å²) in [6.07, 6.45) is 5.18. The lowest BCUT2D eigenvalue weighted by atomic mass is 10.2. The maximum absolute atomic E-state index is 11.4. The van der Waals surface area contributed by atoms with Gasteiger partial charge in [-0.3, -0.25) is 9.78 Å². The van der Waals surface area contributed by atoms with Crippen molar-refractivity contribution < 1.29 is 4.79 Å². The van der Waals surface area contributed by atoms with E-state index in [1.165, 1.54) is 0 Å².